The number of carbonyl (C=O) groups excluding carboxylic acids is 1. The largest absolute Gasteiger partial charge is 0.337 e. The molecule has 0 aliphatic heterocycles. The van der Waals surface area contributed by atoms with Crippen molar-refractivity contribution in [2.45, 2.75) is 39.2 Å². The van der Waals surface area contributed by atoms with Gasteiger partial charge in [-0.2, -0.15) is 5.26 Å². The van der Waals surface area contributed by atoms with Crippen LogP contribution >= 0.6 is 0 Å². The highest BCUT2D eigenvalue weighted by molar-refractivity contribution is 5.76. The predicted octanol–water partition coefficient (Wildman–Crippen LogP) is 2.09. The molecule has 1 rings (SSSR count). The Morgan fingerprint density at radius 2 is 2.33 bits per heavy atom. The van der Waals surface area contributed by atoms with Crippen LogP contribution in [0.4, 0.5) is 0 Å². The Morgan fingerprint density at radius 3 is 2.95 bits per heavy atom. The summed E-state index contributed by atoms with van der Waals surface area (Å²) in [4.78, 5) is 18.1. The lowest BCUT2D eigenvalue weighted by Gasteiger charge is -2.22. The molecule has 0 saturated carbocycles. The zero-order chi connectivity index (χ0) is 15.5. The van der Waals surface area contributed by atoms with E-state index in [1.807, 2.05) is 12.1 Å². The molecule has 1 aromatic heterocycles. The van der Waals surface area contributed by atoms with E-state index in [0.29, 0.717) is 38.4 Å². The molecule has 5 heteroatoms. The summed E-state index contributed by atoms with van der Waals surface area (Å²) in [5, 5.41) is 8.74. The topological polar surface area (TPSA) is 83.0 Å². The van der Waals surface area contributed by atoms with Gasteiger partial charge in [0.15, 0.2) is 0 Å². The monoisotopic (exact) mass is 288 g/mol. The van der Waals surface area contributed by atoms with E-state index in [4.69, 9.17) is 11.0 Å². The molecular weight excluding hydrogens is 264 g/mol. The molecule has 0 fully saturated rings. The molecule has 0 saturated heterocycles. The molecule has 0 aliphatic carbocycles. The van der Waals surface area contributed by atoms with E-state index >= 15 is 0 Å². The number of hydrogen-bond donors (Lipinski definition) is 1. The van der Waals surface area contributed by atoms with Gasteiger partial charge in [0.2, 0.25) is 5.91 Å². The van der Waals surface area contributed by atoms with Crippen LogP contribution in [0.3, 0.4) is 0 Å². The molecule has 0 aromatic carbocycles. The van der Waals surface area contributed by atoms with Crippen molar-refractivity contribution in [3.05, 3.63) is 30.1 Å². The Labute approximate surface area is 126 Å². The minimum atomic E-state index is 0.0953. The van der Waals surface area contributed by atoms with Crippen molar-refractivity contribution < 1.29 is 4.79 Å². The fraction of sp³-hybridized carbons (Fsp3) is 0.562. The number of nitrogens with two attached hydrogens (primary N) is 1. The molecule has 2 N–H and O–H groups in total. The number of nitrogens with zero attached hydrogens (tertiary/aromatic N) is 3. The molecular formula is C16H24N4O. The maximum atomic E-state index is 12.3. The molecule has 5 nitrogen and oxygen atoms in total. The van der Waals surface area contributed by atoms with Crippen LogP contribution in [0.15, 0.2) is 24.5 Å². The molecule has 0 bridgehead atoms. The summed E-state index contributed by atoms with van der Waals surface area (Å²) in [5.74, 6) is 0.549. The third-order valence-corrected chi connectivity index (χ3v) is 3.45. The maximum Gasteiger partial charge on any atom is 0.222 e. The van der Waals surface area contributed by atoms with E-state index in [-0.39, 0.29) is 5.91 Å². The van der Waals surface area contributed by atoms with Crippen LogP contribution in [0, 0.1) is 17.2 Å². The number of amides is 1. The second kappa shape index (κ2) is 9.89. The smallest absolute Gasteiger partial charge is 0.222 e. The molecule has 1 amide bonds. The van der Waals surface area contributed by atoms with E-state index < -0.39 is 0 Å². The van der Waals surface area contributed by atoms with Crippen LogP contribution in [0.1, 0.15) is 38.2 Å². The molecule has 1 aromatic rings. The highest BCUT2D eigenvalue weighted by Gasteiger charge is 2.15. The lowest BCUT2D eigenvalue weighted by molar-refractivity contribution is -0.132. The van der Waals surface area contributed by atoms with Crippen LogP contribution < -0.4 is 5.73 Å². The van der Waals surface area contributed by atoms with Crippen molar-refractivity contribution >= 4 is 5.91 Å². The van der Waals surface area contributed by atoms with Gasteiger partial charge in [-0.15, -0.1) is 0 Å². The van der Waals surface area contributed by atoms with Crippen molar-refractivity contribution in [3.63, 3.8) is 0 Å². The highest BCUT2D eigenvalue weighted by Crippen LogP contribution is 2.12. The fourth-order valence-corrected chi connectivity index (χ4v) is 2.15. The molecule has 1 heterocycles. The number of nitriles is 1. The van der Waals surface area contributed by atoms with E-state index in [0.717, 1.165) is 18.4 Å². The molecule has 0 aliphatic rings. The van der Waals surface area contributed by atoms with Gasteiger partial charge in [0.1, 0.15) is 0 Å². The van der Waals surface area contributed by atoms with E-state index in [2.05, 4.69) is 18.0 Å². The van der Waals surface area contributed by atoms with Gasteiger partial charge in [-0.1, -0.05) is 13.0 Å². The highest BCUT2D eigenvalue weighted by atomic mass is 16.2. The normalized spacial score (nSPS) is 11.7. The summed E-state index contributed by atoms with van der Waals surface area (Å²) < 4.78 is 0. The van der Waals surface area contributed by atoms with E-state index in [9.17, 15) is 4.79 Å². The number of hydrogen-bond acceptors (Lipinski definition) is 4. The first-order valence-corrected chi connectivity index (χ1v) is 7.41. The van der Waals surface area contributed by atoms with Crippen molar-refractivity contribution in [3.8, 4) is 6.07 Å². The van der Waals surface area contributed by atoms with Crippen LogP contribution in [0.25, 0.3) is 0 Å². The average Bonchev–Trinajstić information content (AvgIpc) is 2.50. The predicted molar refractivity (Wildman–Crippen MR) is 82.0 cm³/mol. The van der Waals surface area contributed by atoms with Gasteiger partial charge in [-0.25, -0.2) is 0 Å². The van der Waals surface area contributed by atoms with E-state index in [1.165, 1.54) is 0 Å². The van der Waals surface area contributed by atoms with Crippen LogP contribution in [-0.4, -0.2) is 28.9 Å². The number of pyridine rings is 1. The van der Waals surface area contributed by atoms with Crippen molar-refractivity contribution in [1.29, 1.82) is 5.26 Å². The first kappa shape index (κ1) is 17.1. The van der Waals surface area contributed by atoms with Gasteiger partial charge in [-0.3, -0.25) is 9.78 Å². The SMILES string of the molecule is CC(CCN)CCC(=O)N(CCC#N)Cc1cccnc1. The summed E-state index contributed by atoms with van der Waals surface area (Å²) in [5.41, 5.74) is 6.51. The third-order valence-electron chi connectivity index (χ3n) is 3.45. The van der Waals surface area contributed by atoms with Gasteiger partial charge >= 0.3 is 0 Å². The van der Waals surface area contributed by atoms with Gasteiger partial charge in [0.25, 0.3) is 0 Å². The Hall–Kier alpha value is -1.93. The van der Waals surface area contributed by atoms with E-state index in [1.54, 1.807) is 17.3 Å². The maximum absolute atomic E-state index is 12.3. The number of carbonyl (C=O) groups is 1. The van der Waals surface area contributed by atoms with Gasteiger partial charge in [0, 0.05) is 31.9 Å². The first-order valence-electron chi connectivity index (χ1n) is 7.41. The zero-order valence-corrected chi connectivity index (χ0v) is 12.7. The second-order valence-corrected chi connectivity index (χ2v) is 5.31. The third kappa shape index (κ3) is 6.87. The molecule has 0 spiro atoms. The quantitative estimate of drug-likeness (QED) is 0.754. The average molecular weight is 288 g/mol. The van der Waals surface area contributed by atoms with Crippen molar-refractivity contribution in [1.82, 2.24) is 9.88 Å². The molecule has 1 unspecified atom stereocenters. The molecule has 0 radical (unpaired) electrons. The van der Waals surface area contributed by atoms with Gasteiger partial charge in [-0.05, 0) is 36.9 Å². The summed E-state index contributed by atoms with van der Waals surface area (Å²) >= 11 is 0. The molecule has 114 valence electrons. The molecule has 21 heavy (non-hydrogen) atoms. The first-order chi connectivity index (χ1) is 10.2. The summed E-state index contributed by atoms with van der Waals surface area (Å²) in [6.45, 7) is 3.75. The minimum absolute atomic E-state index is 0.0953. The van der Waals surface area contributed by atoms with Crippen LogP contribution in [0.2, 0.25) is 0 Å². The van der Waals surface area contributed by atoms with Crippen molar-refractivity contribution in [2.24, 2.45) is 11.7 Å². The Kier molecular flexibility index (Phi) is 8.07. The van der Waals surface area contributed by atoms with Crippen LogP contribution in [0.5, 0.6) is 0 Å². The lowest BCUT2D eigenvalue weighted by atomic mass is 10.0. The number of aromatic nitrogens is 1. The summed E-state index contributed by atoms with van der Waals surface area (Å²) in [6, 6.07) is 5.89. The van der Waals surface area contributed by atoms with Crippen LogP contribution in [-0.2, 0) is 11.3 Å². The van der Waals surface area contributed by atoms with Gasteiger partial charge in [0.05, 0.1) is 12.5 Å². The minimum Gasteiger partial charge on any atom is -0.337 e. The Balaban J connectivity index is 2.55. The molecule has 1 atom stereocenters. The fourth-order valence-electron chi connectivity index (χ4n) is 2.15. The second-order valence-electron chi connectivity index (χ2n) is 5.31. The summed E-state index contributed by atoms with van der Waals surface area (Å²) in [7, 11) is 0. The lowest BCUT2D eigenvalue weighted by Crippen LogP contribution is -2.31. The standard InChI is InChI=1S/C16H24N4O/c1-14(7-9-18)5-6-16(21)20(11-3-8-17)13-15-4-2-10-19-12-15/h2,4,10,12,14H,3,5-7,9,11,13,18H2,1H3. The van der Waals surface area contributed by atoms with Gasteiger partial charge < -0.3 is 10.6 Å². The zero-order valence-electron chi connectivity index (χ0n) is 12.7. The Morgan fingerprint density at radius 1 is 1.52 bits per heavy atom. The van der Waals surface area contributed by atoms with Crippen molar-refractivity contribution in [2.75, 3.05) is 13.1 Å². The number of rotatable bonds is 9. The summed E-state index contributed by atoms with van der Waals surface area (Å²) in [6.07, 6.45) is 6.10. The Bertz CT molecular complexity index is 455.